The number of carbonyl (C=O) groups is 1. The standard InChI is InChI=1S/C12H13NO2S/c1-3-12(13-9-16,11(14)15-2)10-7-5-4-6-8-10/h4-8H,3H2,1-2H3. The third-order valence-corrected chi connectivity index (χ3v) is 2.61. The normalized spacial score (nSPS) is 13.4. The first kappa shape index (κ1) is 12.6. The van der Waals surface area contributed by atoms with Crippen LogP contribution < -0.4 is 0 Å². The molecule has 1 aromatic rings. The van der Waals surface area contributed by atoms with Crippen LogP contribution in [0.4, 0.5) is 0 Å². The predicted molar refractivity (Wildman–Crippen MR) is 65.5 cm³/mol. The van der Waals surface area contributed by atoms with E-state index in [0.717, 1.165) is 5.56 Å². The molecule has 1 unspecified atom stereocenters. The quantitative estimate of drug-likeness (QED) is 0.457. The molecule has 0 saturated heterocycles. The molecule has 3 nitrogen and oxygen atoms in total. The summed E-state index contributed by atoms with van der Waals surface area (Å²) >= 11 is 4.61. The van der Waals surface area contributed by atoms with Crippen molar-refractivity contribution >= 4 is 23.3 Å². The Morgan fingerprint density at radius 1 is 1.50 bits per heavy atom. The van der Waals surface area contributed by atoms with Gasteiger partial charge >= 0.3 is 5.97 Å². The van der Waals surface area contributed by atoms with Gasteiger partial charge in [-0.1, -0.05) is 37.3 Å². The minimum atomic E-state index is -1.06. The Bertz CT molecular complexity index is 412. The number of thiocarbonyl (C=S) groups is 1. The van der Waals surface area contributed by atoms with Crippen molar-refractivity contribution in [2.75, 3.05) is 7.11 Å². The van der Waals surface area contributed by atoms with Gasteiger partial charge in [-0.05, 0) is 24.2 Å². The van der Waals surface area contributed by atoms with Crippen molar-refractivity contribution in [2.24, 2.45) is 4.99 Å². The van der Waals surface area contributed by atoms with Crippen LogP contribution in [-0.2, 0) is 15.1 Å². The Morgan fingerprint density at radius 2 is 2.12 bits per heavy atom. The van der Waals surface area contributed by atoms with Crippen LogP contribution in [0.3, 0.4) is 0 Å². The first-order chi connectivity index (χ1) is 7.71. The zero-order chi connectivity index (χ0) is 12.0. The summed E-state index contributed by atoms with van der Waals surface area (Å²) in [4.78, 5) is 15.9. The largest absolute Gasteiger partial charge is 0.467 e. The fraction of sp³-hybridized carbons (Fsp3) is 0.333. The highest BCUT2D eigenvalue weighted by Gasteiger charge is 2.39. The highest BCUT2D eigenvalue weighted by molar-refractivity contribution is 7.78. The number of carbonyl (C=O) groups excluding carboxylic acids is 1. The van der Waals surface area contributed by atoms with Gasteiger partial charge in [0.15, 0.2) is 5.54 Å². The van der Waals surface area contributed by atoms with E-state index in [1.165, 1.54) is 7.11 Å². The summed E-state index contributed by atoms with van der Waals surface area (Å²) in [6.07, 6.45) is 0.479. The molecule has 0 aliphatic carbocycles. The average Bonchev–Trinajstić information content (AvgIpc) is 2.36. The third kappa shape index (κ3) is 2.18. The third-order valence-electron chi connectivity index (χ3n) is 2.52. The van der Waals surface area contributed by atoms with Gasteiger partial charge in [0.05, 0.1) is 12.3 Å². The minimum Gasteiger partial charge on any atom is -0.467 e. The molecule has 0 saturated carbocycles. The number of esters is 1. The number of hydrogen-bond acceptors (Lipinski definition) is 4. The highest BCUT2D eigenvalue weighted by atomic mass is 32.1. The molecule has 0 fully saturated rings. The number of ether oxygens (including phenoxy) is 1. The number of isothiocyanates is 1. The summed E-state index contributed by atoms with van der Waals surface area (Å²) in [5.74, 6) is -0.418. The number of aliphatic imine (C=N–C) groups is 1. The van der Waals surface area contributed by atoms with E-state index in [-0.39, 0.29) is 0 Å². The van der Waals surface area contributed by atoms with Crippen LogP contribution in [-0.4, -0.2) is 18.2 Å². The van der Waals surface area contributed by atoms with Gasteiger partial charge in [-0.15, -0.1) is 0 Å². The van der Waals surface area contributed by atoms with E-state index in [2.05, 4.69) is 22.4 Å². The lowest BCUT2D eigenvalue weighted by atomic mass is 9.88. The fourth-order valence-electron chi connectivity index (χ4n) is 1.62. The van der Waals surface area contributed by atoms with Gasteiger partial charge in [0.1, 0.15) is 0 Å². The van der Waals surface area contributed by atoms with Crippen LogP contribution in [0.2, 0.25) is 0 Å². The van der Waals surface area contributed by atoms with Crippen molar-refractivity contribution in [1.29, 1.82) is 0 Å². The van der Waals surface area contributed by atoms with Crippen LogP contribution in [0.5, 0.6) is 0 Å². The lowest BCUT2D eigenvalue weighted by Crippen LogP contribution is -2.34. The van der Waals surface area contributed by atoms with Crippen molar-refractivity contribution in [1.82, 2.24) is 0 Å². The van der Waals surface area contributed by atoms with Crippen LogP contribution in [0.1, 0.15) is 18.9 Å². The summed E-state index contributed by atoms with van der Waals surface area (Å²) in [6.45, 7) is 1.86. The van der Waals surface area contributed by atoms with Crippen LogP contribution in [0.25, 0.3) is 0 Å². The fourth-order valence-corrected chi connectivity index (χ4v) is 1.77. The molecule has 0 aliphatic heterocycles. The van der Waals surface area contributed by atoms with Crippen molar-refractivity contribution in [3.05, 3.63) is 35.9 Å². The summed E-state index contributed by atoms with van der Waals surface area (Å²) < 4.78 is 4.79. The molecule has 0 aliphatic rings. The first-order valence-corrected chi connectivity index (χ1v) is 5.35. The molecule has 1 rings (SSSR count). The molecule has 16 heavy (non-hydrogen) atoms. The van der Waals surface area contributed by atoms with Crippen LogP contribution in [0, 0.1) is 0 Å². The summed E-state index contributed by atoms with van der Waals surface area (Å²) in [7, 11) is 1.34. The SMILES string of the molecule is CCC(N=C=S)(C(=O)OC)c1ccccc1. The smallest absolute Gasteiger partial charge is 0.339 e. The highest BCUT2D eigenvalue weighted by Crippen LogP contribution is 2.30. The van der Waals surface area contributed by atoms with Gasteiger partial charge < -0.3 is 4.74 Å². The van der Waals surface area contributed by atoms with Crippen LogP contribution >= 0.6 is 12.2 Å². The molecule has 1 atom stereocenters. The number of benzene rings is 1. The second-order valence-corrected chi connectivity index (χ2v) is 3.46. The Labute approximate surface area is 100 Å². The summed E-state index contributed by atoms with van der Waals surface area (Å²) in [5.41, 5.74) is -0.292. The molecule has 0 radical (unpaired) electrons. The minimum absolute atomic E-state index is 0.418. The van der Waals surface area contributed by atoms with E-state index in [4.69, 9.17) is 4.74 Å². The zero-order valence-corrected chi connectivity index (χ0v) is 10.1. The maximum Gasteiger partial charge on any atom is 0.339 e. The van der Waals surface area contributed by atoms with Crippen molar-refractivity contribution in [3.8, 4) is 0 Å². The molecular weight excluding hydrogens is 222 g/mol. The van der Waals surface area contributed by atoms with E-state index in [0.29, 0.717) is 6.42 Å². The number of nitrogens with zero attached hydrogens (tertiary/aromatic N) is 1. The molecule has 0 amide bonds. The number of hydrogen-bond donors (Lipinski definition) is 0. The summed E-state index contributed by atoms with van der Waals surface area (Å²) in [6, 6.07) is 9.23. The molecule has 1 aromatic carbocycles. The van der Waals surface area contributed by atoms with Crippen molar-refractivity contribution in [3.63, 3.8) is 0 Å². The predicted octanol–water partition coefficient (Wildman–Crippen LogP) is 2.57. The molecule has 0 aromatic heterocycles. The van der Waals surface area contributed by atoms with Crippen molar-refractivity contribution < 1.29 is 9.53 Å². The van der Waals surface area contributed by atoms with Gasteiger partial charge in [0, 0.05) is 0 Å². The molecule has 0 N–H and O–H groups in total. The van der Waals surface area contributed by atoms with Crippen LogP contribution in [0.15, 0.2) is 35.3 Å². The number of rotatable bonds is 4. The van der Waals surface area contributed by atoms with E-state index in [1.54, 1.807) is 0 Å². The maximum atomic E-state index is 11.9. The molecular formula is C12H13NO2S. The van der Waals surface area contributed by atoms with Gasteiger partial charge in [-0.3, -0.25) is 0 Å². The van der Waals surface area contributed by atoms with E-state index >= 15 is 0 Å². The second-order valence-electron chi connectivity index (χ2n) is 3.27. The molecule has 0 bridgehead atoms. The lowest BCUT2D eigenvalue weighted by molar-refractivity contribution is -0.147. The Hall–Kier alpha value is -1.51. The van der Waals surface area contributed by atoms with E-state index in [9.17, 15) is 4.79 Å². The first-order valence-electron chi connectivity index (χ1n) is 4.94. The Balaban J connectivity index is 3.34. The average molecular weight is 235 g/mol. The second kappa shape index (κ2) is 5.54. The molecule has 4 heteroatoms. The van der Waals surface area contributed by atoms with Gasteiger partial charge in [0.25, 0.3) is 0 Å². The van der Waals surface area contributed by atoms with Crippen molar-refractivity contribution in [2.45, 2.75) is 18.9 Å². The molecule has 0 heterocycles. The summed E-state index contributed by atoms with van der Waals surface area (Å²) in [5, 5.41) is 2.28. The van der Waals surface area contributed by atoms with E-state index < -0.39 is 11.5 Å². The topological polar surface area (TPSA) is 38.7 Å². The van der Waals surface area contributed by atoms with E-state index in [1.807, 2.05) is 37.3 Å². The monoisotopic (exact) mass is 235 g/mol. The Morgan fingerprint density at radius 3 is 2.56 bits per heavy atom. The molecule has 84 valence electrons. The Kier molecular flexibility index (Phi) is 4.35. The lowest BCUT2D eigenvalue weighted by Gasteiger charge is -2.24. The van der Waals surface area contributed by atoms with Gasteiger partial charge in [-0.25, -0.2) is 9.79 Å². The molecule has 0 spiro atoms. The number of methoxy groups -OCH3 is 1. The van der Waals surface area contributed by atoms with Gasteiger partial charge in [0.2, 0.25) is 0 Å². The zero-order valence-electron chi connectivity index (χ0n) is 9.27. The maximum absolute atomic E-state index is 11.9. The van der Waals surface area contributed by atoms with Gasteiger partial charge in [-0.2, -0.15) is 0 Å².